The van der Waals surface area contributed by atoms with Crippen LogP contribution in [0.25, 0.3) is 10.8 Å². The molecule has 1 amide bonds. The number of benzene rings is 2. The van der Waals surface area contributed by atoms with Gasteiger partial charge in [-0.15, -0.1) is 0 Å². The zero-order valence-corrected chi connectivity index (χ0v) is 20.5. The number of nitrogens with one attached hydrogen (secondary N) is 1. The monoisotopic (exact) mass is 507 g/mol. The molecule has 2 heterocycles. The molecule has 2 aliphatic rings. The van der Waals surface area contributed by atoms with Crippen LogP contribution < -0.4 is 4.72 Å². The van der Waals surface area contributed by atoms with Crippen molar-refractivity contribution in [3.63, 3.8) is 0 Å². The number of halogens is 1. The molecule has 0 spiro atoms. The number of sulfonamides is 1. The first-order chi connectivity index (χ1) is 14.7. The van der Waals surface area contributed by atoms with E-state index >= 15 is 0 Å². The Kier molecular flexibility index (Phi) is 6.72. The van der Waals surface area contributed by atoms with E-state index in [0.717, 1.165) is 47.6 Å². The van der Waals surface area contributed by atoms with Crippen molar-refractivity contribution in [1.29, 1.82) is 0 Å². The summed E-state index contributed by atoms with van der Waals surface area (Å²) in [6.45, 7) is 7.07. The minimum atomic E-state index is -3.79. The molecule has 2 aliphatic heterocycles. The number of piperidine rings is 2. The van der Waals surface area contributed by atoms with E-state index in [1.807, 2.05) is 23.1 Å². The number of amides is 1. The van der Waals surface area contributed by atoms with Gasteiger partial charge < -0.3 is 9.80 Å². The van der Waals surface area contributed by atoms with Crippen molar-refractivity contribution in [2.24, 2.45) is 0 Å². The zero-order valence-electron chi connectivity index (χ0n) is 18.1. The Bertz CT molecular complexity index is 1060. The van der Waals surface area contributed by atoms with Crippen molar-refractivity contribution < 1.29 is 13.2 Å². The van der Waals surface area contributed by atoms with E-state index in [4.69, 9.17) is 0 Å². The molecule has 0 unspecified atom stereocenters. The molecule has 1 atom stereocenters. The highest BCUT2D eigenvalue weighted by Crippen LogP contribution is 2.26. The van der Waals surface area contributed by atoms with Crippen LogP contribution in [-0.4, -0.2) is 61.9 Å². The Balaban J connectivity index is 1.47. The van der Waals surface area contributed by atoms with Gasteiger partial charge in [0.05, 0.1) is 4.90 Å². The summed E-state index contributed by atoms with van der Waals surface area (Å²) in [5, 5.41) is 1.81. The summed E-state index contributed by atoms with van der Waals surface area (Å²) >= 11 is 3.44. The van der Waals surface area contributed by atoms with Crippen LogP contribution in [0.5, 0.6) is 0 Å². The third-order valence-corrected chi connectivity index (χ3v) is 8.49. The van der Waals surface area contributed by atoms with E-state index in [1.165, 1.54) is 0 Å². The number of hydrogen-bond donors (Lipinski definition) is 1. The lowest BCUT2D eigenvalue weighted by atomic mass is 9.97. The molecular formula is C23H30BrN3O3S. The third kappa shape index (κ3) is 4.97. The Hall–Kier alpha value is -1.48. The summed E-state index contributed by atoms with van der Waals surface area (Å²) < 4.78 is 29.8. The van der Waals surface area contributed by atoms with Crippen LogP contribution in [0.3, 0.4) is 0 Å². The lowest BCUT2D eigenvalue weighted by Gasteiger charge is -2.43. The quantitative estimate of drug-likeness (QED) is 0.668. The van der Waals surface area contributed by atoms with Gasteiger partial charge in [-0.25, -0.2) is 8.42 Å². The summed E-state index contributed by atoms with van der Waals surface area (Å²) in [7, 11) is -3.79. The number of fused-ring (bicyclic) bond motifs is 1. The molecular weight excluding hydrogens is 478 g/mol. The number of hydrogen-bond acceptors (Lipinski definition) is 4. The van der Waals surface area contributed by atoms with Crippen molar-refractivity contribution in [3.05, 3.63) is 40.9 Å². The van der Waals surface area contributed by atoms with Gasteiger partial charge in [0.25, 0.3) is 0 Å². The predicted molar refractivity (Wildman–Crippen MR) is 126 cm³/mol. The van der Waals surface area contributed by atoms with Crippen LogP contribution in [0.2, 0.25) is 0 Å². The number of likely N-dealkylation sites (tertiary alicyclic amines) is 2. The van der Waals surface area contributed by atoms with Crippen molar-refractivity contribution in [3.8, 4) is 0 Å². The predicted octanol–water partition coefficient (Wildman–Crippen LogP) is 3.74. The summed E-state index contributed by atoms with van der Waals surface area (Å²) in [6.07, 6.45) is 3.25. The number of rotatable bonds is 5. The first-order valence-corrected chi connectivity index (χ1v) is 13.3. The molecule has 0 radical (unpaired) electrons. The molecule has 31 heavy (non-hydrogen) atoms. The number of carbonyl (C=O) groups is 1. The van der Waals surface area contributed by atoms with Crippen LogP contribution in [0.15, 0.2) is 45.8 Å². The van der Waals surface area contributed by atoms with Gasteiger partial charge in [0.15, 0.2) is 0 Å². The Morgan fingerprint density at radius 1 is 1.00 bits per heavy atom. The minimum Gasteiger partial charge on any atom is -0.338 e. The second-order valence-electron chi connectivity index (χ2n) is 8.86. The lowest BCUT2D eigenvalue weighted by molar-refractivity contribution is -0.139. The van der Waals surface area contributed by atoms with Gasteiger partial charge in [-0.2, -0.15) is 4.72 Å². The second kappa shape index (κ2) is 9.17. The van der Waals surface area contributed by atoms with Gasteiger partial charge in [0.2, 0.25) is 15.9 Å². The van der Waals surface area contributed by atoms with Crippen LogP contribution in [0, 0.1) is 0 Å². The molecule has 6 nitrogen and oxygen atoms in total. The summed E-state index contributed by atoms with van der Waals surface area (Å²) in [5.41, 5.74) is 0. The molecule has 1 N–H and O–H groups in total. The Morgan fingerprint density at radius 3 is 2.39 bits per heavy atom. The summed E-state index contributed by atoms with van der Waals surface area (Å²) in [4.78, 5) is 17.7. The maximum Gasteiger partial charge on any atom is 0.241 e. The van der Waals surface area contributed by atoms with Gasteiger partial charge in [-0.05, 0) is 74.6 Å². The molecule has 4 rings (SSSR count). The first kappa shape index (κ1) is 22.7. The minimum absolute atomic E-state index is 0.0810. The fourth-order valence-corrected chi connectivity index (χ4v) is 6.34. The normalized spacial score (nSPS) is 21.9. The first-order valence-electron chi connectivity index (χ1n) is 11.0. The maximum atomic E-state index is 13.2. The van der Waals surface area contributed by atoms with Crippen LogP contribution in [0.4, 0.5) is 0 Å². The lowest BCUT2D eigenvalue weighted by Crippen LogP contribution is -2.57. The fraction of sp³-hybridized carbons (Fsp3) is 0.522. The largest absolute Gasteiger partial charge is 0.338 e. The number of nitrogens with zero attached hydrogens (tertiary/aromatic N) is 2. The van der Waals surface area contributed by atoms with E-state index in [9.17, 15) is 13.2 Å². The standard InChI is InChI=1S/C23H30BrN3O3S/c1-16(2)26-12-9-20(10-13-26)27-11-3-4-22(23(27)28)25-31(29,30)21-8-6-17-14-19(24)7-5-18(17)15-21/h5-8,14-16,20,22,25H,3-4,9-13H2,1-2H3/t22-/m0/s1. The molecule has 168 valence electrons. The molecule has 0 aromatic heterocycles. The van der Waals surface area contributed by atoms with E-state index in [-0.39, 0.29) is 16.8 Å². The maximum absolute atomic E-state index is 13.2. The van der Waals surface area contributed by atoms with E-state index < -0.39 is 16.1 Å². The van der Waals surface area contributed by atoms with Crippen molar-refractivity contribution in [1.82, 2.24) is 14.5 Å². The Morgan fingerprint density at radius 2 is 1.68 bits per heavy atom. The molecule has 2 fully saturated rings. The molecule has 0 bridgehead atoms. The Labute approximate surface area is 193 Å². The van der Waals surface area contributed by atoms with Crippen LogP contribution in [-0.2, 0) is 14.8 Å². The molecule has 2 saturated heterocycles. The smallest absolute Gasteiger partial charge is 0.241 e. The zero-order chi connectivity index (χ0) is 22.2. The van der Waals surface area contributed by atoms with Crippen molar-refractivity contribution >= 4 is 42.6 Å². The molecule has 8 heteroatoms. The molecule has 2 aromatic carbocycles. The van der Waals surface area contributed by atoms with E-state index in [1.54, 1.807) is 18.2 Å². The highest BCUT2D eigenvalue weighted by molar-refractivity contribution is 9.10. The average molecular weight is 508 g/mol. The summed E-state index contributed by atoms with van der Waals surface area (Å²) in [5.74, 6) is -0.0810. The topological polar surface area (TPSA) is 69.7 Å². The van der Waals surface area contributed by atoms with Gasteiger partial charge in [0, 0.05) is 36.2 Å². The van der Waals surface area contributed by atoms with Gasteiger partial charge in [-0.1, -0.05) is 28.1 Å². The average Bonchev–Trinajstić information content (AvgIpc) is 2.74. The molecule has 0 aliphatic carbocycles. The SMILES string of the molecule is CC(C)N1CCC(N2CCC[C@H](NS(=O)(=O)c3ccc4cc(Br)ccc4c3)C2=O)CC1. The van der Waals surface area contributed by atoms with Gasteiger partial charge in [0.1, 0.15) is 6.04 Å². The van der Waals surface area contributed by atoms with Gasteiger partial charge in [-0.3, -0.25) is 4.79 Å². The third-order valence-electron chi connectivity index (χ3n) is 6.52. The summed E-state index contributed by atoms with van der Waals surface area (Å²) in [6, 6.07) is 10.8. The van der Waals surface area contributed by atoms with Crippen molar-refractivity contribution in [2.45, 2.75) is 62.6 Å². The van der Waals surface area contributed by atoms with Crippen LogP contribution in [0.1, 0.15) is 39.5 Å². The molecule has 2 aromatic rings. The highest BCUT2D eigenvalue weighted by Gasteiger charge is 2.37. The molecule has 0 saturated carbocycles. The highest BCUT2D eigenvalue weighted by atomic mass is 79.9. The van der Waals surface area contributed by atoms with E-state index in [0.29, 0.717) is 19.0 Å². The van der Waals surface area contributed by atoms with Gasteiger partial charge >= 0.3 is 0 Å². The van der Waals surface area contributed by atoms with Crippen LogP contribution >= 0.6 is 15.9 Å². The number of carbonyl (C=O) groups excluding carboxylic acids is 1. The fourth-order valence-electron chi connectivity index (χ4n) is 4.70. The van der Waals surface area contributed by atoms with E-state index in [2.05, 4.69) is 39.4 Å². The van der Waals surface area contributed by atoms with Crippen molar-refractivity contribution in [2.75, 3.05) is 19.6 Å². The second-order valence-corrected chi connectivity index (χ2v) is 11.5.